The predicted molar refractivity (Wildman–Crippen MR) is 163 cm³/mol. The first-order chi connectivity index (χ1) is 19.9. The second kappa shape index (κ2) is 13.2. The summed E-state index contributed by atoms with van der Waals surface area (Å²) in [6, 6.07) is 15.5. The van der Waals surface area contributed by atoms with Gasteiger partial charge in [0, 0.05) is 36.0 Å². The Hall–Kier alpha value is -3.56. The van der Waals surface area contributed by atoms with Crippen LogP contribution in [0.3, 0.4) is 0 Å². The Balaban J connectivity index is 1.71. The van der Waals surface area contributed by atoms with Gasteiger partial charge in [-0.05, 0) is 73.8 Å². The van der Waals surface area contributed by atoms with E-state index in [1.165, 1.54) is 17.8 Å². The van der Waals surface area contributed by atoms with Gasteiger partial charge >= 0.3 is 6.18 Å². The average Bonchev–Trinajstić information content (AvgIpc) is 2.96. The van der Waals surface area contributed by atoms with E-state index in [2.05, 4.69) is 62.0 Å². The number of ether oxygens (including phenoxy) is 1. The summed E-state index contributed by atoms with van der Waals surface area (Å²) in [6.07, 6.45) is -2.72. The molecule has 1 unspecified atom stereocenters. The Morgan fingerprint density at radius 3 is 2.31 bits per heavy atom. The minimum absolute atomic E-state index is 0.0164. The molecule has 0 bridgehead atoms. The van der Waals surface area contributed by atoms with Crippen molar-refractivity contribution in [3.63, 3.8) is 0 Å². The topological polar surface area (TPSA) is 63.2 Å². The lowest BCUT2D eigenvalue weighted by molar-refractivity contribution is -0.137. The molecule has 0 aliphatic heterocycles. The highest BCUT2D eigenvalue weighted by atomic mass is 19.4. The first-order valence-corrected chi connectivity index (χ1v) is 14.5. The normalized spacial score (nSPS) is 13.1. The number of nitrogens with one attached hydrogen (secondary N) is 1. The van der Waals surface area contributed by atoms with E-state index in [4.69, 9.17) is 14.7 Å². The van der Waals surface area contributed by atoms with E-state index in [0.29, 0.717) is 34.7 Å². The van der Waals surface area contributed by atoms with Crippen LogP contribution in [0.25, 0.3) is 22.2 Å². The van der Waals surface area contributed by atoms with Crippen molar-refractivity contribution in [2.45, 2.75) is 65.7 Å². The van der Waals surface area contributed by atoms with Crippen LogP contribution in [0.2, 0.25) is 0 Å². The number of rotatable bonds is 11. The molecule has 0 aliphatic rings. The summed E-state index contributed by atoms with van der Waals surface area (Å²) in [4.78, 5) is 16.0. The summed E-state index contributed by atoms with van der Waals surface area (Å²) in [6.45, 7) is 16.1. The fourth-order valence-electron chi connectivity index (χ4n) is 4.79. The van der Waals surface area contributed by atoms with Crippen LogP contribution in [-0.4, -0.2) is 46.1 Å². The number of fused-ring (bicyclic) bond motifs is 1. The second-order valence-corrected chi connectivity index (χ2v) is 11.4. The molecular weight excluding hydrogens is 539 g/mol. The quantitative estimate of drug-likeness (QED) is 0.180. The predicted octanol–water partition coefficient (Wildman–Crippen LogP) is 8.56. The maximum Gasteiger partial charge on any atom is 0.418 e. The molecule has 0 fully saturated rings. The van der Waals surface area contributed by atoms with Gasteiger partial charge in [0.25, 0.3) is 0 Å². The van der Waals surface area contributed by atoms with E-state index >= 15 is 0 Å². The minimum Gasteiger partial charge on any atom is -0.370 e. The molecule has 2 heterocycles. The van der Waals surface area contributed by atoms with Gasteiger partial charge in [0.1, 0.15) is 11.9 Å². The first-order valence-electron chi connectivity index (χ1n) is 14.5. The fourth-order valence-corrected chi connectivity index (χ4v) is 4.79. The summed E-state index contributed by atoms with van der Waals surface area (Å²) in [5.41, 5.74) is 1.96. The number of halogens is 3. The van der Waals surface area contributed by atoms with Crippen LogP contribution in [0, 0.1) is 0 Å². The molecular formula is C33H40F3N5O. The average molecular weight is 580 g/mol. The van der Waals surface area contributed by atoms with Crippen LogP contribution in [0.15, 0.2) is 60.8 Å². The van der Waals surface area contributed by atoms with Gasteiger partial charge in [-0.25, -0.2) is 9.97 Å². The molecule has 0 saturated heterocycles. The number of alkyl halides is 3. The van der Waals surface area contributed by atoms with E-state index in [9.17, 15) is 13.2 Å². The Kier molecular flexibility index (Phi) is 9.84. The first kappa shape index (κ1) is 31.4. The van der Waals surface area contributed by atoms with Crippen LogP contribution < -0.4 is 5.32 Å². The molecule has 0 radical (unpaired) electrons. The van der Waals surface area contributed by atoms with Crippen LogP contribution in [0.4, 0.5) is 24.7 Å². The Morgan fingerprint density at radius 2 is 1.67 bits per heavy atom. The van der Waals surface area contributed by atoms with Crippen LogP contribution in [0.1, 0.15) is 71.0 Å². The summed E-state index contributed by atoms with van der Waals surface area (Å²) < 4.78 is 47.4. The monoisotopic (exact) mass is 579 g/mol. The molecule has 0 saturated carbocycles. The maximum atomic E-state index is 13.8. The molecule has 9 heteroatoms. The summed E-state index contributed by atoms with van der Waals surface area (Å²) >= 11 is 0. The van der Waals surface area contributed by atoms with Crippen molar-refractivity contribution in [2.75, 3.05) is 31.6 Å². The number of hydrogen-bond donors (Lipinski definition) is 1. The van der Waals surface area contributed by atoms with Crippen molar-refractivity contribution >= 4 is 22.4 Å². The lowest BCUT2D eigenvalue weighted by Crippen LogP contribution is -2.25. The van der Waals surface area contributed by atoms with Crippen molar-refractivity contribution < 1.29 is 17.9 Å². The number of benzene rings is 2. The van der Waals surface area contributed by atoms with Gasteiger partial charge in [0.15, 0.2) is 5.82 Å². The third-order valence-corrected chi connectivity index (χ3v) is 7.36. The highest BCUT2D eigenvalue weighted by molar-refractivity contribution is 5.93. The second-order valence-electron chi connectivity index (χ2n) is 11.4. The van der Waals surface area contributed by atoms with Gasteiger partial charge in [-0.15, -0.1) is 0 Å². The van der Waals surface area contributed by atoms with E-state index in [1.807, 2.05) is 19.1 Å². The van der Waals surface area contributed by atoms with Crippen LogP contribution in [-0.2, 0) is 16.3 Å². The molecule has 42 heavy (non-hydrogen) atoms. The lowest BCUT2D eigenvalue weighted by atomic mass is 9.87. The zero-order chi connectivity index (χ0) is 30.5. The van der Waals surface area contributed by atoms with Crippen molar-refractivity contribution in [3.8, 4) is 11.3 Å². The minimum atomic E-state index is -4.53. The molecule has 4 aromatic rings. The van der Waals surface area contributed by atoms with Gasteiger partial charge in [0.05, 0.1) is 16.8 Å². The highest BCUT2D eigenvalue weighted by Gasteiger charge is 2.34. The third-order valence-electron chi connectivity index (χ3n) is 7.36. The lowest BCUT2D eigenvalue weighted by Gasteiger charge is -2.20. The zero-order valence-electron chi connectivity index (χ0n) is 25.2. The summed E-state index contributed by atoms with van der Waals surface area (Å²) in [5.74, 6) is 1.01. The zero-order valence-corrected chi connectivity index (χ0v) is 25.2. The highest BCUT2D eigenvalue weighted by Crippen LogP contribution is 2.37. The molecule has 4 rings (SSSR count). The summed E-state index contributed by atoms with van der Waals surface area (Å²) in [7, 11) is 0. The van der Waals surface area contributed by atoms with Crippen molar-refractivity contribution in [1.29, 1.82) is 0 Å². The molecule has 0 aliphatic carbocycles. The van der Waals surface area contributed by atoms with Crippen LogP contribution >= 0.6 is 0 Å². The van der Waals surface area contributed by atoms with E-state index < -0.39 is 17.8 Å². The molecule has 224 valence electrons. The molecule has 1 N–H and O–H groups in total. The van der Waals surface area contributed by atoms with Gasteiger partial charge in [-0.3, -0.25) is 4.98 Å². The Labute approximate surface area is 246 Å². The number of aromatic nitrogens is 3. The molecule has 1 atom stereocenters. The van der Waals surface area contributed by atoms with Crippen molar-refractivity contribution in [1.82, 2.24) is 19.9 Å². The maximum absolute atomic E-state index is 13.8. The van der Waals surface area contributed by atoms with Gasteiger partial charge < -0.3 is 15.0 Å². The molecule has 6 nitrogen and oxygen atoms in total. The number of pyridine rings is 1. The number of hydrogen-bond acceptors (Lipinski definition) is 6. The van der Waals surface area contributed by atoms with Gasteiger partial charge in [0.2, 0.25) is 0 Å². The van der Waals surface area contributed by atoms with Gasteiger partial charge in [-0.2, -0.15) is 13.2 Å². The largest absolute Gasteiger partial charge is 0.418 e. The molecule has 0 spiro atoms. The van der Waals surface area contributed by atoms with Gasteiger partial charge in [-0.1, -0.05) is 52.8 Å². The van der Waals surface area contributed by atoms with E-state index in [0.717, 1.165) is 37.8 Å². The standard InChI is InChI=1S/C33H40F3N5O/c1-7-41(8-2)19-10-20-42-22(3)30-39-28-21-23(29-27(33(34,35)36)11-9-18-37-29)12-17-26(28)31(40-30)38-25-15-13-24(14-16-25)32(4,5)6/h9,11-18,21-22H,7-8,10,19-20H2,1-6H3,(H,38,39,40). The smallest absolute Gasteiger partial charge is 0.370 e. The molecule has 2 aromatic carbocycles. The Bertz CT molecular complexity index is 1480. The third kappa shape index (κ3) is 7.63. The fraction of sp³-hybridized carbons (Fsp3) is 0.424. The van der Waals surface area contributed by atoms with E-state index in [-0.39, 0.29) is 11.1 Å². The SMILES string of the molecule is CCN(CC)CCCOC(C)c1nc(Nc2ccc(C(C)(C)C)cc2)c2ccc(-c3ncccc3C(F)(F)F)cc2n1. The Morgan fingerprint density at radius 1 is 0.952 bits per heavy atom. The molecule has 2 aromatic heterocycles. The van der Waals surface area contributed by atoms with Crippen molar-refractivity contribution in [2.24, 2.45) is 0 Å². The molecule has 0 amide bonds. The number of nitrogens with zero attached hydrogens (tertiary/aromatic N) is 4. The van der Waals surface area contributed by atoms with Crippen molar-refractivity contribution in [3.05, 3.63) is 77.7 Å². The summed E-state index contributed by atoms with van der Waals surface area (Å²) in [5, 5.41) is 4.09. The number of anilines is 2. The van der Waals surface area contributed by atoms with E-state index in [1.54, 1.807) is 18.2 Å². The van der Waals surface area contributed by atoms with Crippen LogP contribution in [0.5, 0.6) is 0 Å².